The van der Waals surface area contributed by atoms with Gasteiger partial charge in [-0.25, -0.2) is 0 Å². The molecule has 1 atom stereocenters. The predicted molar refractivity (Wildman–Crippen MR) is 47.5 cm³/mol. The van der Waals surface area contributed by atoms with Crippen molar-refractivity contribution >= 4 is 0 Å². The molecule has 2 saturated heterocycles. The van der Waals surface area contributed by atoms with E-state index >= 15 is 0 Å². The van der Waals surface area contributed by atoms with Crippen LogP contribution in [0.2, 0.25) is 0 Å². The van der Waals surface area contributed by atoms with Gasteiger partial charge in [-0.1, -0.05) is 0 Å². The van der Waals surface area contributed by atoms with Crippen LogP contribution in [0.25, 0.3) is 0 Å². The molecular weight excluding hydrogens is 209 g/mol. The number of rotatable bonds is 0. The Kier molecular flexibility index (Phi) is 2.32. The molecule has 2 fully saturated rings. The third-order valence-electron chi connectivity index (χ3n) is 3.80. The molecule has 2 heterocycles. The van der Waals surface area contributed by atoms with Crippen molar-refractivity contribution in [2.24, 2.45) is 5.41 Å². The maximum atomic E-state index is 12.7. The number of halogens is 3. The monoisotopic (exact) mass is 224 g/mol. The summed E-state index contributed by atoms with van der Waals surface area (Å²) in [6.45, 7) is 4.28. The first-order valence-electron chi connectivity index (χ1n) is 5.12. The zero-order chi connectivity index (χ0) is 11.3. The largest absolute Gasteiger partial charge is 0.415 e. The Morgan fingerprint density at radius 3 is 2.07 bits per heavy atom. The topological polar surface area (TPSA) is 18.5 Å². The van der Waals surface area contributed by atoms with Crippen molar-refractivity contribution in [1.29, 1.82) is 0 Å². The SMILES string of the molecule is CC1(C)OC(C(F)(F)F)C12CCOCC2. The summed E-state index contributed by atoms with van der Waals surface area (Å²) < 4.78 is 48.3. The van der Waals surface area contributed by atoms with Gasteiger partial charge in [-0.2, -0.15) is 13.2 Å². The molecule has 0 aromatic rings. The molecule has 0 aliphatic carbocycles. The quantitative estimate of drug-likeness (QED) is 0.629. The summed E-state index contributed by atoms with van der Waals surface area (Å²) in [5.74, 6) is 0. The standard InChI is InChI=1S/C10H15F3O2/c1-8(2)9(3-5-14-6-4-9)7(15-8)10(11,12)13/h7H,3-6H2,1-2H3. The Bertz CT molecular complexity index is 254. The highest BCUT2D eigenvalue weighted by Crippen LogP contribution is 2.60. The summed E-state index contributed by atoms with van der Waals surface area (Å²) in [5.41, 5.74) is -1.46. The van der Waals surface area contributed by atoms with Gasteiger partial charge >= 0.3 is 6.18 Å². The highest BCUT2D eigenvalue weighted by Gasteiger charge is 2.70. The Balaban J connectivity index is 2.23. The van der Waals surface area contributed by atoms with Crippen molar-refractivity contribution in [3.8, 4) is 0 Å². The van der Waals surface area contributed by atoms with Crippen LogP contribution in [-0.2, 0) is 9.47 Å². The lowest BCUT2D eigenvalue weighted by atomic mass is 9.59. The molecule has 2 aliphatic rings. The third kappa shape index (κ3) is 1.47. The van der Waals surface area contributed by atoms with Crippen LogP contribution in [0.5, 0.6) is 0 Å². The molecule has 15 heavy (non-hydrogen) atoms. The maximum absolute atomic E-state index is 12.7. The normalized spacial score (nSPS) is 33.8. The molecule has 0 radical (unpaired) electrons. The van der Waals surface area contributed by atoms with Crippen LogP contribution in [-0.4, -0.2) is 31.1 Å². The van der Waals surface area contributed by atoms with E-state index in [1.54, 1.807) is 13.8 Å². The maximum Gasteiger partial charge on any atom is 0.415 e. The van der Waals surface area contributed by atoms with Crippen LogP contribution in [0.15, 0.2) is 0 Å². The smallest absolute Gasteiger partial charge is 0.381 e. The Labute approximate surface area is 86.7 Å². The van der Waals surface area contributed by atoms with Crippen LogP contribution in [0.1, 0.15) is 26.7 Å². The lowest BCUT2D eigenvalue weighted by Crippen LogP contribution is -2.71. The second-order valence-electron chi connectivity index (χ2n) is 4.82. The number of hydrogen-bond donors (Lipinski definition) is 0. The average Bonchev–Trinajstić information content (AvgIpc) is 2.14. The fraction of sp³-hybridized carbons (Fsp3) is 1.00. The van der Waals surface area contributed by atoms with Gasteiger partial charge < -0.3 is 9.47 Å². The van der Waals surface area contributed by atoms with Gasteiger partial charge in [0.05, 0.1) is 5.60 Å². The Morgan fingerprint density at radius 1 is 1.13 bits per heavy atom. The van der Waals surface area contributed by atoms with Gasteiger partial charge in [0.2, 0.25) is 0 Å². The van der Waals surface area contributed by atoms with Crippen molar-refractivity contribution in [2.75, 3.05) is 13.2 Å². The first kappa shape index (κ1) is 11.2. The summed E-state index contributed by atoms with van der Waals surface area (Å²) in [4.78, 5) is 0. The van der Waals surface area contributed by atoms with E-state index in [1.165, 1.54) is 0 Å². The minimum absolute atomic E-state index is 0.402. The van der Waals surface area contributed by atoms with E-state index in [0.29, 0.717) is 26.1 Å². The highest BCUT2D eigenvalue weighted by atomic mass is 19.4. The zero-order valence-corrected chi connectivity index (χ0v) is 8.86. The Hall–Kier alpha value is -0.290. The predicted octanol–water partition coefficient (Wildman–Crippen LogP) is 2.52. The fourth-order valence-electron chi connectivity index (χ4n) is 2.76. The van der Waals surface area contributed by atoms with Crippen LogP contribution in [0, 0.1) is 5.41 Å². The van der Waals surface area contributed by atoms with Crippen molar-refractivity contribution in [3.63, 3.8) is 0 Å². The van der Waals surface area contributed by atoms with Gasteiger partial charge in [-0.15, -0.1) is 0 Å². The van der Waals surface area contributed by atoms with E-state index in [4.69, 9.17) is 9.47 Å². The molecule has 0 amide bonds. The van der Waals surface area contributed by atoms with Gasteiger partial charge in [0.25, 0.3) is 0 Å². The van der Waals surface area contributed by atoms with Gasteiger partial charge in [0, 0.05) is 18.6 Å². The molecule has 0 saturated carbocycles. The first-order chi connectivity index (χ1) is 6.80. The molecule has 5 heteroatoms. The third-order valence-corrected chi connectivity index (χ3v) is 3.80. The van der Waals surface area contributed by atoms with E-state index in [2.05, 4.69) is 0 Å². The zero-order valence-electron chi connectivity index (χ0n) is 8.86. The second-order valence-corrected chi connectivity index (χ2v) is 4.82. The number of hydrogen-bond acceptors (Lipinski definition) is 2. The lowest BCUT2D eigenvalue weighted by molar-refractivity contribution is -0.402. The lowest BCUT2D eigenvalue weighted by Gasteiger charge is -2.62. The van der Waals surface area contributed by atoms with Gasteiger partial charge in [-0.3, -0.25) is 0 Å². The van der Waals surface area contributed by atoms with Gasteiger partial charge in [0.1, 0.15) is 0 Å². The fourth-order valence-corrected chi connectivity index (χ4v) is 2.76. The number of alkyl halides is 3. The molecule has 2 nitrogen and oxygen atoms in total. The summed E-state index contributed by atoms with van der Waals surface area (Å²) >= 11 is 0. The summed E-state index contributed by atoms with van der Waals surface area (Å²) in [6.07, 6.45) is -5.00. The number of ether oxygens (including phenoxy) is 2. The van der Waals surface area contributed by atoms with Crippen molar-refractivity contribution < 1.29 is 22.6 Å². The molecule has 0 aromatic heterocycles. The van der Waals surface area contributed by atoms with Gasteiger partial charge in [0.15, 0.2) is 6.10 Å². The molecular formula is C10H15F3O2. The molecule has 2 rings (SSSR count). The highest BCUT2D eigenvalue weighted by molar-refractivity contribution is 5.11. The van der Waals surface area contributed by atoms with Crippen LogP contribution < -0.4 is 0 Å². The summed E-state index contributed by atoms with van der Waals surface area (Å²) in [7, 11) is 0. The van der Waals surface area contributed by atoms with Gasteiger partial charge in [-0.05, 0) is 26.7 Å². The van der Waals surface area contributed by atoms with Crippen molar-refractivity contribution in [2.45, 2.75) is 44.6 Å². The molecule has 0 N–H and O–H groups in total. The van der Waals surface area contributed by atoms with E-state index in [-0.39, 0.29) is 0 Å². The Morgan fingerprint density at radius 2 is 1.67 bits per heavy atom. The van der Waals surface area contributed by atoms with Crippen LogP contribution in [0.3, 0.4) is 0 Å². The van der Waals surface area contributed by atoms with Crippen LogP contribution in [0.4, 0.5) is 13.2 Å². The second kappa shape index (κ2) is 3.10. The minimum Gasteiger partial charge on any atom is -0.381 e. The molecule has 1 spiro atoms. The molecule has 2 aliphatic heterocycles. The first-order valence-corrected chi connectivity index (χ1v) is 5.12. The van der Waals surface area contributed by atoms with E-state index < -0.39 is 23.3 Å². The van der Waals surface area contributed by atoms with E-state index in [1.807, 2.05) is 0 Å². The minimum atomic E-state index is -4.26. The van der Waals surface area contributed by atoms with Crippen molar-refractivity contribution in [1.82, 2.24) is 0 Å². The molecule has 88 valence electrons. The molecule has 1 unspecified atom stereocenters. The molecule has 0 bridgehead atoms. The summed E-state index contributed by atoms with van der Waals surface area (Å²) in [6, 6.07) is 0. The van der Waals surface area contributed by atoms with E-state index in [0.717, 1.165) is 0 Å². The van der Waals surface area contributed by atoms with E-state index in [9.17, 15) is 13.2 Å². The van der Waals surface area contributed by atoms with Crippen LogP contribution >= 0.6 is 0 Å². The molecule has 0 aromatic carbocycles. The average molecular weight is 224 g/mol. The summed E-state index contributed by atoms with van der Waals surface area (Å²) in [5, 5.41) is 0. The van der Waals surface area contributed by atoms with Crippen molar-refractivity contribution in [3.05, 3.63) is 0 Å².